The molecule has 2 spiro atoms. The van der Waals surface area contributed by atoms with E-state index in [9.17, 15) is 9.90 Å². The van der Waals surface area contributed by atoms with E-state index in [1.54, 1.807) is 14.2 Å². The fourth-order valence-electron chi connectivity index (χ4n) is 10.1. The van der Waals surface area contributed by atoms with E-state index in [0.29, 0.717) is 25.4 Å². The third-order valence-electron chi connectivity index (χ3n) is 13.0. The third kappa shape index (κ3) is 5.94. The summed E-state index contributed by atoms with van der Waals surface area (Å²) in [5.41, 5.74) is 2.66. The highest BCUT2D eigenvalue weighted by atomic mass is 28.3. The quantitative estimate of drug-likeness (QED) is 0.196. The molecule has 2 amide bonds. The minimum Gasteiger partial charge on any atom is -0.497 e. The standard InChI is InChI=1S/C44H52N4O6Si/c1-30-40(55(4,5)36-18-15-34(52-2)16-19-36)39(21-26-49)54-44(30)37-27-35(53-3)17-20-38(37)46(42(44)51)28-31-11-13-32(14-12-31)47-29-48(33-9-7-6-8-10-33)43(41(47)50)22-24-45-25-23-43/h6-20,27,30,39-40,45,49H,21-26,28-29H2,1-5H3/t30-,39+,40-,44+/m0/s1. The molecule has 288 valence electrons. The van der Waals surface area contributed by atoms with Gasteiger partial charge in [0.15, 0.2) is 5.60 Å². The van der Waals surface area contributed by atoms with Crippen molar-refractivity contribution in [2.75, 3.05) is 55.3 Å². The average Bonchev–Trinajstić information content (AvgIpc) is 3.76. The SMILES string of the molecule is COc1ccc([Si](C)(C)[C@@H]2[C@@H](CCO)O[C@]3(C(=O)N(Cc4ccc(N5CN(c6ccccc6)C6(CCNCC6)C5=O)cc4)c4ccc(OC)cc43)[C@H]2C)cc1. The molecule has 0 aliphatic carbocycles. The Kier molecular flexibility index (Phi) is 9.77. The van der Waals surface area contributed by atoms with E-state index >= 15 is 4.79 Å². The molecule has 4 heterocycles. The zero-order valence-electron chi connectivity index (χ0n) is 32.5. The van der Waals surface area contributed by atoms with E-state index in [2.05, 4.69) is 54.5 Å². The number of piperidine rings is 1. The lowest BCUT2D eigenvalue weighted by molar-refractivity contribution is -0.146. The number of carbonyl (C=O) groups excluding carboxylic acids is 2. The average molecular weight is 761 g/mol. The minimum absolute atomic E-state index is 0.0342. The lowest BCUT2D eigenvalue weighted by Gasteiger charge is -2.39. The molecule has 0 unspecified atom stereocenters. The summed E-state index contributed by atoms with van der Waals surface area (Å²) in [4.78, 5) is 35.5. The van der Waals surface area contributed by atoms with Crippen molar-refractivity contribution in [2.24, 2.45) is 5.92 Å². The summed E-state index contributed by atoms with van der Waals surface area (Å²) in [5.74, 6) is 1.31. The maximum Gasteiger partial charge on any atom is 0.264 e. The molecular weight excluding hydrogens is 709 g/mol. The Hall–Kier alpha value is -4.68. The zero-order valence-corrected chi connectivity index (χ0v) is 33.5. The molecule has 11 heteroatoms. The van der Waals surface area contributed by atoms with Crippen molar-refractivity contribution < 1.29 is 28.9 Å². The van der Waals surface area contributed by atoms with Gasteiger partial charge in [0.2, 0.25) is 0 Å². The van der Waals surface area contributed by atoms with Gasteiger partial charge in [-0.2, -0.15) is 0 Å². The van der Waals surface area contributed by atoms with E-state index in [4.69, 9.17) is 14.2 Å². The highest BCUT2D eigenvalue weighted by molar-refractivity contribution is 6.91. The van der Waals surface area contributed by atoms with Crippen molar-refractivity contribution in [2.45, 2.75) is 68.6 Å². The Labute approximate surface area is 325 Å². The van der Waals surface area contributed by atoms with E-state index in [0.717, 1.165) is 59.9 Å². The normalized spacial score (nSPS) is 24.6. The molecule has 0 aromatic heterocycles. The molecular formula is C44H52N4O6Si. The molecule has 0 saturated carbocycles. The number of carbonyl (C=O) groups is 2. The molecule has 4 aromatic carbocycles. The van der Waals surface area contributed by atoms with Crippen LogP contribution in [0.2, 0.25) is 18.6 Å². The van der Waals surface area contributed by atoms with Gasteiger partial charge >= 0.3 is 0 Å². The van der Waals surface area contributed by atoms with Gasteiger partial charge in [0.05, 0.1) is 47.3 Å². The van der Waals surface area contributed by atoms with Gasteiger partial charge in [0.25, 0.3) is 11.8 Å². The first-order chi connectivity index (χ1) is 26.6. The molecule has 3 fully saturated rings. The van der Waals surface area contributed by atoms with Crippen LogP contribution < -0.4 is 34.7 Å². The second kappa shape index (κ2) is 14.4. The van der Waals surface area contributed by atoms with Crippen molar-refractivity contribution in [1.82, 2.24) is 5.32 Å². The number of anilines is 3. The molecule has 2 N–H and O–H groups in total. The number of rotatable bonds is 10. The molecule has 0 bridgehead atoms. The molecule has 4 aliphatic rings. The van der Waals surface area contributed by atoms with Gasteiger partial charge in [-0.15, -0.1) is 0 Å². The summed E-state index contributed by atoms with van der Waals surface area (Å²) in [5, 5.41) is 15.0. The largest absolute Gasteiger partial charge is 0.497 e. The second-order valence-corrected chi connectivity index (χ2v) is 20.7. The van der Waals surface area contributed by atoms with Crippen molar-refractivity contribution in [3.8, 4) is 11.5 Å². The predicted octanol–water partition coefficient (Wildman–Crippen LogP) is 5.78. The Bertz CT molecular complexity index is 2040. The van der Waals surface area contributed by atoms with Crippen LogP contribution in [-0.4, -0.2) is 77.2 Å². The van der Waals surface area contributed by atoms with E-state index in [-0.39, 0.29) is 36.0 Å². The molecule has 8 rings (SSSR count). The van der Waals surface area contributed by atoms with Gasteiger partial charge in [-0.25, -0.2) is 0 Å². The highest BCUT2D eigenvalue weighted by Crippen LogP contribution is 2.60. The van der Waals surface area contributed by atoms with Crippen LogP contribution >= 0.6 is 0 Å². The number of hydrogen-bond acceptors (Lipinski definition) is 8. The number of benzene rings is 4. The highest BCUT2D eigenvalue weighted by Gasteiger charge is 2.66. The second-order valence-electron chi connectivity index (χ2n) is 16.0. The van der Waals surface area contributed by atoms with Crippen LogP contribution in [0.5, 0.6) is 11.5 Å². The Balaban J connectivity index is 1.10. The molecule has 0 radical (unpaired) electrons. The molecule has 4 atom stereocenters. The Morgan fingerprint density at radius 1 is 0.855 bits per heavy atom. The summed E-state index contributed by atoms with van der Waals surface area (Å²) < 4.78 is 18.2. The fourth-order valence-corrected chi connectivity index (χ4v) is 14.2. The van der Waals surface area contributed by atoms with Crippen LogP contribution in [0, 0.1) is 5.92 Å². The van der Waals surface area contributed by atoms with Gasteiger partial charge in [0.1, 0.15) is 17.0 Å². The summed E-state index contributed by atoms with van der Waals surface area (Å²) in [6.45, 7) is 9.21. The number of methoxy groups -OCH3 is 2. The lowest BCUT2D eigenvalue weighted by atomic mass is 9.82. The topological polar surface area (TPSA) is 104 Å². The number of hydrogen-bond donors (Lipinski definition) is 2. The number of aliphatic hydroxyl groups excluding tert-OH is 1. The molecule has 4 aromatic rings. The Morgan fingerprint density at radius 3 is 2.18 bits per heavy atom. The fraction of sp³-hybridized carbons (Fsp3) is 0.409. The van der Waals surface area contributed by atoms with Crippen molar-refractivity contribution in [3.63, 3.8) is 0 Å². The summed E-state index contributed by atoms with van der Waals surface area (Å²) >= 11 is 0. The van der Waals surface area contributed by atoms with Gasteiger partial charge in [-0.05, 0) is 98.1 Å². The van der Waals surface area contributed by atoms with Crippen LogP contribution in [0.3, 0.4) is 0 Å². The number of nitrogens with zero attached hydrogens (tertiary/aromatic N) is 3. The maximum atomic E-state index is 15.1. The first-order valence-electron chi connectivity index (χ1n) is 19.5. The van der Waals surface area contributed by atoms with Crippen molar-refractivity contribution >= 4 is 42.1 Å². The van der Waals surface area contributed by atoms with Gasteiger partial charge in [-0.1, -0.05) is 67.7 Å². The summed E-state index contributed by atoms with van der Waals surface area (Å²) in [6, 6.07) is 32.4. The van der Waals surface area contributed by atoms with Crippen LogP contribution in [-0.2, 0) is 26.5 Å². The number of fused-ring (bicyclic) bond motifs is 2. The number of nitrogens with one attached hydrogen (secondary N) is 1. The van der Waals surface area contributed by atoms with Gasteiger partial charge in [-0.3, -0.25) is 14.5 Å². The maximum absolute atomic E-state index is 15.1. The van der Waals surface area contributed by atoms with E-state index < -0.39 is 19.2 Å². The Morgan fingerprint density at radius 2 is 1.53 bits per heavy atom. The van der Waals surface area contributed by atoms with Gasteiger partial charge in [0, 0.05) is 29.5 Å². The first-order valence-corrected chi connectivity index (χ1v) is 22.5. The number of para-hydroxylation sites is 1. The summed E-state index contributed by atoms with van der Waals surface area (Å²) in [7, 11) is 0.997. The lowest BCUT2D eigenvalue weighted by Crippen LogP contribution is -2.55. The molecule has 55 heavy (non-hydrogen) atoms. The number of amides is 2. The number of aliphatic hydroxyl groups is 1. The first kappa shape index (κ1) is 37.3. The molecule has 3 saturated heterocycles. The van der Waals surface area contributed by atoms with Crippen molar-refractivity contribution in [3.05, 3.63) is 108 Å². The summed E-state index contributed by atoms with van der Waals surface area (Å²) in [6.07, 6.45) is 1.62. The minimum atomic E-state index is -2.31. The smallest absolute Gasteiger partial charge is 0.264 e. The van der Waals surface area contributed by atoms with Crippen LogP contribution in [0.1, 0.15) is 37.3 Å². The van der Waals surface area contributed by atoms with Crippen LogP contribution in [0.4, 0.5) is 17.1 Å². The van der Waals surface area contributed by atoms with Gasteiger partial charge < -0.3 is 34.4 Å². The van der Waals surface area contributed by atoms with E-state index in [1.807, 2.05) is 82.6 Å². The van der Waals surface area contributed by atoms with E-state index in [1.165, 1.54) is 5.19 Å². The zero-order chi connectivity index (χ0) is 38.5. The third-order valence-corrected chi connectivity index (χ3v) is 17.3. The van der Waals surface area contributed by atoms with Crippen LogP contribution in [0.25, 0.3) is 0 Å². The van der Waals surface area contributed by atoms with Crippen molar-refractivity contribution in [1.29, 1.82) is 0 Å². The molecule has 4 aliphatic heterocycles. The monoisotopic (exact) mass is 760 g/mol. The predicted molar refractivity (Wildman–Crippen MR) is 218 cm³/mol. The van der Waals surface area contributed by atoms with Crippen LogP contribution in [0.15, 0.2) is 97.1 Å². The molecule has 10 nitrogen and oxygen atoms in total. The number of ether oxygens (including phenoxy) is 3.